The number of carbonyl (C=O) groups is 2. The molecule has 0 bridgehead atoms. The van der Waals surface area contributed by atoms with Crippen LogP contribution in [0.25, 0.3) is 0 Å². The number of aldehydes is 1. The first-order chi connectivity index (χ1) is 4.72. The second-order valence-corrected chi connectivity index (χ2v) is 2.21. The fourth-order valence-electron chi connectivity index (χ4n) is 0.309. The molecule has 0 radical (unpaired) electrons. The minimum Gasteiger partial charge on any atom is -0.299 e. The van der Waals surface area contributed by atoms with Crippen molar-refractivity contribution in [3.63, 3.8) is 0 Å². The first-order valence-electron chi connectivity index (χ1n) is 2.50. The van der Waals surface area contributed by atoms with Gasteiger partial charge in [0.15, 0.2) is 0 Å². The summed E-state index contributed by atoms with van der Waals surface area (Å²) in [6.45, 7) is 0. The van der Waals surface area contributed by atoms with E-state index >= 15 is 0 Å². The van der Waals surface area contributed by atoms with Crippen LogP contribution in [0.3, 0.4) is 0 Å². The first kappa shape index (κ1) is 9.32. The van der Waals surface area contributed by atoms with Crippen molar-refractivity contribution in [2.45, 2.75) is 0 Å². The molecule has 0 aliphatic rings. The standard InChI is InChI=1S/C5H7BrN2O2/c1-7-8-5(10)4(6)2-3-9/h2-3,7H,1H3,(H,8,10)/b4-2+. The van der Waals surface area contributed by atoms with Crippen molar-refractivity contribution in [1.82, 2.24) is 10.9 Å². The molecule has 4 nitrogen and oxygen atoms in total. The molecular formula is C5H7BrN2O2. The van der Waals surface area contributed by atoms with E-state index in [1.807, 2.05) is 0 Å². The summed E-state index contributed by atoms with van der Waals surface area (Å²) in [4.78, 5) is 20.5. The van der Waals surface area contributed by atoms with Crippen LogP contribution >= 0.6 is 15.9 Å². The molecule has 56 valence electrons. The van der Waals surface area contributed by atoms with Gasteiger partial charge in [0, 0.05) is 7.05 Å². The Hall–Kier alpha value is -0.680. The number of halogens is 1. The molecule has 0 rings (SSSR count). The van der Waals surface area contributed by atoms with E-state index in [9.17, 15) is 9.59 Å². The normalized spacial score (nSPS) is 10.8. The van der Waals surface area contributed by atoms with Gasteiger partial charge in [-0.05, 0) is 22.0 Å². The molecule has 0 spiro atoms. The van der Waals surface area contributed by atoms with Crippen LogP contribution in [0.1, 0.15) is 0 Å². The second-order valence-electron chi connectivity index (χ2n) is 1.35. The highest BCUT2D eigenvalue weighted by Crippen LogP contribution is 2.01. The number of hydrazine groups is 1. The van der Waals surface area contributed by atoms with E-state index in [1.54, 1.807) is 7.05 Å². The highest BCUT2D eigenvalue weighted by molar-refractivity contribution is 9.12. The summed E-state index contributed by atoms with van der Waals surface area (Å²) in [5, 5.41) is 0. The lowest BCUT2D eigenvalue weighted by molar-refractivity contribution is -0.117. The van der Waals surface area contributed by atoms with Crippen molar-refractivity contribution in [3.05, 3.63) is 10.6 Å². The molecule has 10 heavy (non-hydrogen) atoms. The minimum absolute atomic E-state index is 0.192. The smallest absolute Gasteiger partial charge is 0.272 e. The maximum absolute atomic E-state index is 10.7. The highest BCUT2D eigenvalue weighted by Gasteiger charge is 2.01. The Morgan fingerprint density at radius 1 is 1.60 bits per heavy atom. The Bertz CT molecular complexity index is 167. The van der Waals surface area contributed by atoms with E-state index in [-0.39, 0.29) is 10.4 Å². The van der Waals surface area contributed by atoms with Crippen molar-refractivity contribution in [1.29, 1.82) is 0 Å². The fraction of sp³-hybridized carbons (Fsp3) is 0.200. The van der Waals surface area contributed by atoms with Gasteiger partial charge < -0.3 is 0 Å². The summed E-state index contributed by atoms with van der Waals surface area (Å²) < 4.78 is 0.192. The lowest BCUT2D eigenvalue weighted by atomic mass is 10.5. The van der Waals surface area contributed by atoms with Gasteiger partial charge in [0.25, 0.3) is 5.91 Å². The number of amides is 1. The van der Waals surface area contributed by atoms with Crippen LogP contribution in [0.15, 0.2) is 10.6 Å². The third-order valence-electron chi connectivity index (χ3n) is 0.670. The molecule has 0 unspecified atom stereocenters. The zero-order chi connectivity index (χ0) is 7.98. The van der Waals surface area contributed by atoms with Crippen LogP contribution in [0.4, 0.5) is 0 Å². The number of nitrogens with one attached hydrogen (secondary N) is 2. The summed E-state index contributed by atoms with van der Waals surface area (Å²) in [6, 6.07) is 0. The fourth-order valence-corrected chi connectivity index (χ4v) is 0.516. The molecule has 2 N–H and O–H groups in total. The summed E-state index contributed by atoms with van der Waals surface area (Å²) in [7, 11) is 1.55. The molecule has 0 saturated carbocycles. The van der Waals surface area contributed by atoms with Crippen LogP contribution in [0.2, 0.25) is 0 Å². The number of rotatable bonds is 3. The molecule has 0 aromatic carbocycles. The van der Waals surface area contributed by atoms with Gasteiger partial charge >= 0.3 is 0 Å². The number of allylic oxidation sites excluding steroid dienone is 1. The second kappa shape index (κ2) is 5.13. The summed E-state index contributed by atoms with van der Waals surface area (Å²) in [5.74, 6) is -0.380. The van der Waals surface area contributed by atoms with Crippen molar-refractivity contribution >= 4 is 28.1 Å². The van der Waals surface area contributed by atoms with Gasteiger partial charge in [0.05, 0.1) is 4.48 Å². The lowest BCUT2D eigenvalue weighted by Crippen LogP contribution is -2.34. The summed E-state index contributed by atoms with van der Waals surface area (Å²) in [5.41, 5.74) is 4.69. The Kier molecular flexibility index (Phi) is 4.78. The molecule has 5 heteroatoms. The van der Waals surface area contributed by atoms with Crippen LogP contribution < -0.4 is 10.9 Å². The van der Waals surface area contributed by atoms with Gasteiger partial charge in [-0.15, -0.1) is 0 Å². The molecule has 0 saturated heterocycles. The number of carbonyl (C=O) groups excluding carboxylic acids is 2. The molecule has 0 aliphatic heterocycles. The van der Waals surface area contributed by atoms with E-state index in [2.05, 4.69) is 26.8 Å². The molecule has 0 atom stereocenters. The average Bonchev–Trinajstić information content (AvgIpc) is 1.89. The number of hydrogen-bond acceptors (Lipinski definition) is 3. The summed E-state index contributed by atoms with van der Waals surface area (Å²) >= 11 is 2.88. The lowest BCUT2D eigenvalue weighted by Gasteiger charge is -1.98. The van der Waals surface area contributed by atoms with Crippen molar-refractivity contribution in [2.24, 2.45) is 0 Å². The van der Waals surface area contributed by atoms with E-state index < -0.39 is 0 Å². The molecule has 0 fully saturated rings. The van der Waals surface area contributed by atoms with E-state index in [0.29, 0.717) is 6.29 Å². The van der Waals surface area contributed by atoms with Crippen molar-refractivity contribution in [2.75, 3.05) is 7.05 Å². The van der Waals surface area contributed by atoms with Crippen LogP contribution in [-0.2, 0) is 9.59 Å². The largest absolute Gasteiger partial charge is 0.299 e. The molecule has 0 aromatic rings. The minimum atomic E-state index is -0.380. The Balaban J connectivity index is 3.93. The van der Waals surface area contributed by atoms with Gasteiger partial charge in [0.1, 0.15) is 6.29 Å². The van der Waals surface area contributed by atoms with E-state index in [4.69, 9.17) is 0 Å². The molecule has 1 amide bonds. The van der Waals surface area contributed by atoms with E-state index in [1.165, 1.54) is 0 Å². The third kappa shape index (κ3) is 3.37. The maximum atomic E-state index is 10.7. The number of hydrogen-bond donors (Lipinski definition) is 2. The molecular weight excluding hydrogens is 200 g/mol. The van der Waals surface area contributed by atoms with Crippen LogP contribution in [0.5, 0.6) is 0 Å². The maximum Gasteiger partial charge on any atom is 0.272 e. The molecule has 0 heterocycles. The van der Waals surface area contributed by atoms with Crippen LogP contribution in [0, 0.1) is 0 Å². The molecule has 0 aliphatic carbocycles. The predicted octanol–water partition coefficient (Wildman–Crippen LogP) is -0.285. The van der Waals surface area contributed by atoms with Gasteiger partial charge in [-0.1, -0.05) is 0 Å². The van der Waals surface area contributed by atoms with Crippen molar-refractivity contribution in [3.8, 4) is 0 Å². The quantitative estimate of drug-likeness (QED) is 0.380. The van der Waals surface area contributed by atoms with Crippen molar-refractivity contribution < 1.29 is 9.59 Å². The van der Waals surface area contributed by atoms with Gasteiger partial charge in [-0.25, -0.2) is 5.43 Å². The average molecular weight is 207 g/mol. The predicted molar refractivity (Wildman–Crippen MR) is 40.3 cm³/mol. The van der Waals surface area contributed by atoms with E-state index in [0.717, 1.165) is 6.08 Å². The Morgan fingerprint density at radius 2 is 2.20 bits per heavy atom. The monoisotopic (exact) mass is 206 g/mol. The molecule has 0 aromatic heterocycles. The van der Waals surface area contributed by atoms with Crippen LogP contribution in [-0.4, -0.2) is 19.2 Å². The third-order valence-corrected chi connectivity index (χ3v) is 1.29. The SMILES string of the molecule is CNNC(=O)/C(Br)=C\C=O. The zero-order valence-electron chi connectivity index (χ0n) is 5.35. The van der Waals surface area contributed by atoms with Gasteiger partial charge in [-0.2, -0.15) is 0 Å². The first-order valence-corrected chi connectivity index (χ1v) is 3.29. The van der Waals surface area contributed by atoms with Gasteiger partial charge in [0.2, 0.25) is 0 Å². The Labute approximate surface area is 66.8 Å². The topological polar surface area (TPSA) is 58.2 Å². The zero-order valence-corrected chi connectivity index (χ0v) is 6.94. The highest BCUT2D eigenvalue weighted by atomic mass is 79.9. The van der Waals surface area contributed by atoms with Gasteiger partial charge in [-0.3, -0.25) is 15.0 Å². The summed E-state index contributed by atoms with van der Waals surface area (Å²) in [6.07, 6.45) is 1.64. The Morgan fingerprint density at radius 3 is 2.60 bits per heavy atom.